The summed E-state index contributed by atoms with van der Waals surface area (Å²) in [6.07, 6.45) is 11.2. The molecule has 4 heterocycles. The Kier molecular flexibility index (Phi) is 5.01. The fraction of sp³-hybridized carbons (Fsp3) is 0.136. The molecule has 138 valence electrons. The maximum Gasteiger partial charge on any atom is 0.154 e. The summed E-state index contributed by atoms with van der Waals surface area (Å²) in [5.41, 5.74) is 4.85. The SMILES string of the molecule is CC(C)c1cnnc(Nc2ccc3ncc(C=Cc4ccncc4)cc3n2)c1. The summed E-state index contributed by atoms with van der Waals surface area (Å²) in [6.45, 7) is 4.25. The number of hydrogen-bond donors (Lipinski definition) is 1. The van der Waals surface area contributed by atoms with Gasteiger partial charge in [-0.05, 0) is 59.0 Å². The van der Waals surface area contributed by atoms with Gasteiger partial charge >= 0.3 is 0 Å². The molecular weight excluding hydrogens is 348 g/mol. The summed E-state index contributed by atoms with van der Waals surface area (Å²) in [5, 5.41) is 11.4. The van der Waals surface area contributed by atoms with Crippen LogP contribution in [0.25, 0.3) is 23.2 Å². The van der Waals surface area contributed by atoms with Crippen molar-refractivity contribution in [3.63, 3.8) is 0 Å². The highest BCUT2D eigenvalue weighted by Gasteiger charge is 2.05. The zero-order valence-corrected chi connectivity index (χ0v) is 15.7. The van der Waals surface area contributed by atoms with Crippen LogP contribution in [0.2, 0.25) is 0 Å². The highest BCUT2D eigenvalue weighted by Crippen LogP contribution is 2.20. The van der Waals surface area contributed by atoms with Crippen molar-refractivity contribution in [2.24, 2.45) is 0 Å². The smallest absolute Gasteiger partial charge is 0.154 e. The van der Waals surface area contributed by atoms with Crippen LogP contribution in [0, 0.1) is 0 Å². The average molecular weight is 368 g/mol. The van der Waals surface area contributed by atoms with E-state index in [2.05, 4.69) is 44.3 Å². The quantitative estimate of drug-likeness (QED) is 0.542. The lowest BCUT2D eigenvalue weighted by Gasteiger charge is -2.08. The molecule has 4 aromatic rings. The van der Waals surface area contributed by atoms with Gasteiger partial charge in [0.1, 0.15) is 5.82 Å². The Bertz CT molecular complexity index is 1120. The summed E-state index contributed by atoms with van der Waals surface area (Å²) in [5.74, 6) is 1.78. The van der Waals surface area contributed by atoms with Gasteiger partial charge in [-0.2, -0.15) is 5.10 Å². The molecule has 0 aliphatic heterocycles. The number of rotatable bonds is 5. The third-order valence-corrected chi connectivity index (χ3v) is 4.33. The molecule has 0 aliphatic rings. The third-order valence-electron chi connectivity index (χ3n) is 4.33. The van der Waals surface area contributed by atoms with Crippen LogP contribution in [-0.2, 0) is 0 Å². The van der Waals surface area contributed by atoms with E-state index in [1.807, 2.05) is 54.7 Å². The number of aromatic nitrogens is 5. The number of nitrogens with one attached hydrogen (secondary N) is 1. The molecule has 28 heavy (non-hydrogen) atoms. The standard InChI is InChI=1S/C22H20N6/c1-15(2)18-12-22(28-25-14-18)27-21-6-5-19-20(26-21)11-17(13-24-19)4-3-16-7-9-23-10-8-16/h3-15H,1-2H3,(H,26,27,28). The Hall–Kier alpha value is -3.67. The minimum atomic E-state index is 0.388. The van der Waals surface area contributed by atoms with Gasteiger partial charge in [-0.15, -0.1) is 5.10 Å². The van der Waals surface area contributed by atoms with Crippen molar-refractivity contribution in [1.82, 2.24) is 25.1 Å². The van der Waals surface area contributed by atoms with E-state index in [-0.39, 0.29) is 0 Å². The molecule has 0 radical (unpaired) electrons. The van der Waals surface area contributed by atoms with Gasteiger partial charge in [-0.25, -0.2) is 4.98 Å². The van der Waals surface area contributed by atoms with Gasteiger partial charge in [0.15, 0.2) is 5.82 Å². The fourth-order valence-electron chi connectivity index (χ4n) is 2.74. The molecule has 0 fully saturated rings. The second kappa shape index (κ2) is 7.92. The van der Waals surface area contributed by atoms with Crippen LogP contribution in [0.5, 0.6) is 0 Å². The van der Waals surface area contributed by atoms with E-state index in [1.54, 1.807) is 18.6 Å². The Morgan fingerprint density at radius 1 is 0.857 bits per heavy atom. The fourth-order valence-corrected chi connectivity index (χ4v) is 2.74. The first-order valence-corrected chi connectivity index (χ1v) is 9.12. The summed E-state index contributed by atoms with van der Waals surface area (Å²) in [6, 6.07) is 11.8. The molecule has 6 heteroatoms. The number of nitrogens with zero attached hydrogens (tertiary/aromatic N) is 5. The van der Waals surface area contributed by atoms with Crippen LogP contribution < -0.4 is 5.32 Å². The minimum Gasteiger partial charge on any atom is -0.323 e. The molecule has 1 N–H and O–H groups in total. The minimum absolute atomic E-state index is 0.388. The highest BCUT2D eigenvalue weighted by atomic mass is 15.2. The molecule has 6 nitrogen and oxygen atoms in total. The van der Waals surface area contributed by atoms with Crippen molar-refractivity contribution in [2.45, 2.75) is 19.8 Å². The zero-order valence-electron chi connectivity index (χ0n) is 15.7. The van der Waals surface area contributed by atoms with Gasteiger partial charge in [-0.1, -0.05) is 26.0 Å². The molecule has 0 spiro atoms. The van der Waals surface area contributed by atoms with Crippen LogP contribution in [-0.4, -0.2) is 25.1 Å². The maximum atomic E-state index is 4.68. The first-order valence-electron chi connectivity index (χ1n) is 9.12. The molecular formula is C22H20N6. The van der Waals surface area contributed by atoms with E-state index in [4.69, 9.17) is 0 Å². The van der Waals surface area contributed by atoms with Crippen LogP contribution in [0.15, 0.2) is 61.2 Å². The van der Waals surface area contributed by atoms with Gasteiger partial charge in [0, 0.05) is 18.6 Å². The summed E-state index contributed by atoms with van der Waals surface area (Å²) in [4.78, 5) is 13.2. The zero-order chi connectivity index (χ0) is 19.3. The van der Waals surface area contributed by atoms with Gasteiger partial charge in [0.05, 0.1) is 17.2 Å². The lowest BCUT2D eigenvalue weighted by Crippen LogP contribution is -2.00. The van der Waals surface area contributed by atoms with Gasteiger partial charge < -0.3 is 5.32 Å². The normalized spacial score (nSPS) is 11.4. The number of hydrogen-bond acceptors (Lipinski definition) is 6. The van der Waals surface area contributed by atoms with Gasteiger partial charge in [0.25, 0.3) is 0 Å². The molecule has 0 saturated heterocycles. The molecule has 0 saturated carbocycles. The predicted octanol–water partition coefficient (Wildman–Crippen LogP) is 4.85. The van der Waals surface area contributed by atoms with E-state index in [0.29, 0.717) is 17.6 Å². The van der Waals surface area contributed by atoms with E-state index < -0.39 is 0 Å². The van der Waals surface area contributed by atoms with Crippen molar-refractivity contribution in [2.75, 3.05) is 5.32 Å². The molecule has 0 aromatic carbocycles. The molecule has 0 atom stereocenters. The average Bonchev–Trinajstić information content (AvgIpc) is 2.73. The predicted molar refractivity (Wildman–Crippen MR) is 112 cm³/mol. The van der Waals surface area contributed by atoms with Crippen LogP contribution >= 0.6 is 0 Å². The summed E-state index contributed by atoms with van der Waals surface area (Å²) >= 11 is 0. The summed E-state index contributed by atoms with van der Waals surface area (Å²) < 4.78 is 0. The molecule has 4 rings (SSSR count). The second-order valence-electron chi connectivity index (χ2n) is 6.77. The van der Waals surface area contributed by atoms with Crippen molar-refractivity contribution < 1.29 is 0 Å². The van der Waals surface area contributed by atoms with Crippen LogP contribution in [0.3, 0.4) is 0 Å². The monoisotopic (exact) mass is 368 g/mol. The van der Waals surface area contributed by atoms with E-state index in [9.17, 15) is 0 Å². The van der Waals surface area contributed by atoms with E-state index in [1.165, 1.54) is 0 Å². The summed E-state index contributed by atoms with van der Waals surface area (Å²) in [7, 11) is 0. The van der Waals surface area contributed by atoms with Gasteiger partial charge in [0.2, 0.25) is 0 Å². The van der Waals surface area contributed by atoms with E-state index >= 15 is 0 Å². The van der Waals surface area contributed by atoms with Crippen molar-refractivity contribution >= 4 is 34.8 Å². The Morgan fingerprint density at radius 3 is 2.50 bits per heavy atom. The maximum absolute atomic E-state index is 4.68. The Balaban J connectivity index is 1.59. The molecule has 0 unspecified atom stereocenters. The van der Waals surface area contributed by atoms with Crippen LogP contribution in [0.1, 0.15) is 36.5 Å². The van der Waals surface area contributed by atoms with Crippen molar-refractivity contribution in [1.29, 1.82) is 0 Å². The molecule has 0 amide bonds. The highest BCUT2D eigenvalue weighted by molar-refractivity contribution is 5.81. The number of fused-ring (bicyclic) bond motifs is 1. The Labute approximate surface area is 163 Å². The Morgan fingerprint density at radius 2 is 1.68 bits per heavy atom. The third kappa shape index (κ3) is 4.17. The molecule has 4 aromatic heterocycles. The van der Waals surface area contributed by atoms with Gasteiger partial charge in [-0.3, -0.25) is 9.97 Å². The largest absolute Gasteiger partial charge is 0.323 e. The second-order valence-corrected chi connectivity index (χ2v) is 6.77. The lowest BCUT2D eigenvalue weighted by atomic mass is 10.1. The number of anilines is 2. The first kappa shape index (κ1) is 17.7. The van der Waals surface area contributed by atoms with Crippen molar-refractivity contribution in [3.05, 3.63) is 77.9 Å². The first-order chi connectivity index (χ1) is 13.7. The lowest BCUT2D eigenvalue weighted by molar-refractivity contribution is 0.843. The molecule has 0 bridgehead atoms. The van der Waals surface area contributed by atoms with Crippen molar-refractivity contribution in [3.8, 4) is 0 Å². The van der Waals surface area contributed by atoms with E-state index in [0.717, 1.165) is 27.7 Å². The van der Waals surface area contributed by atoms with Crippen LogP contribution in [0.4, 0.5) is 11.6 Å². The molecule has 0 aliphatic carbocycles. The topological polar surface area (TPSA) is 76.5 Å². The number of pyridine rings is 3.